The van der Waals surface area contributed by atoms with E-state index >= 15 is 0 Å². The molecule has 6 nitrogen and oxygen atoms in total. The average Bonchev–Trinajstić information content (AvgIpc) is 2.65. The summed E-state index contributed by atoms with van der Waals surface area (Å²) in [5.41, 5.74) is 0.297. The number of ketones is 3. The van der Waals surface area contributed by atoms with Crippen LogP contribution in [0.4, 0.5) is 0 Å². The lowest BCUT2D eigenvalue weighted by atomic mass is 9.86. The van der Waals surface area contributed by atoms with Crippen LogP contribution in [0.2, 0.25) is 0 Å². The molecule has 2 aliphatic carbocycles. The fourth-order valence-corrected chi connectivity index (χ4v) is 3.51. The fraction of sp³-hybridized carbons (Fsp3) is 0.450. The maximum absolute atomic E-state index is 12.3. The summed E-state index contributed by atoms with van der Waals surface area (Å²) in [7, 11) is 2.71. The van der Waals surface area contributed by atoms with E-state index in [4.69, 9.17) is 14.2 Å². The Bertz CT molecular complexity index is 733. The molecule has 0 spiro atoms. The number of carbonyl (C=O) groups excluding carboxylic acids is 3. The summed E-state index contributed by atoms with van der Waals surface area (Å²) in [6, 6.07) is 0. The molecule has 0 amide bonds. The van der Waals surface area contributed by atoms with Crippen LogP contribution in [0.25, 0.3) is 0 Å². The van der Waals surface area contributed by atoms with Crippen molar-refractivity contribution >= 4 is 17.3 Å². The minimum absolute atomic E-state index is 0.0269. The van der Waals surface area contributed by atoms with Crippen LogP contribution in [0, 0.1) is 5.92 Å². The van der Waals surface area contributed by atoms with Crippen molar-refractivity contribution in [3.63, 3.8) is 0 Å². The molecule has 26 heavy (non-hydrogen) atoms. The van der Waals surface area contributed by atoms with Crippen LogP contribution in [0.1, 0.15) is 38.5 Å². The molecule has 1 saturated carbocycles. The molecule has 1 aliphatic heterocycles. The first kappa shape index (κ1) is 18.2. The topological polar surface area (TPSA) is 78.9 Å². The molecular weight excluding hydrogens is 336 g/mol. The van der Waals surface area contributed by atoms with E-state index in [-0.39, 0.29) is 17.3 Å². The lowest BCUT2D eigenvalue weighted by Crippen LogP contribution is -2.25. The van der Waals surface area contributed by atoms with Crippen LogP contribution in [-0.4, -0.2) is 31.6 Å². The third kappa shape index (κ3) is 3.64. The third-order valence-electron chi connectivity index (χ3n) is 4.89. The van der Waals surface area contributed by atoms with Gasteiger partial charge in [-0.05, 0) is 18.1 Å². The van der Waals surface area contributed by atoms with E-state index < -0.39 is 17.3 Å². The quantitative estimate of drug-likeness (QED) is 0.568. The smallest absolute Gasteiger partial charge is 0.268 e. The number of carbonyl (C=O) groups is 3. The molecule has 138 valence electrons. The van der Waals surface area contributed by atoms with Gasteiger partial charge in [0.2, 0.25) is 5.78 Å². The molecule has 3 rings (SSSR count). The molecule has 0 saturated heterocycles. The van der Waals surface area contributed by atoms with Gasteiger partial charge in [0.25, 0.3) is 11.6 Å². The Balaban J connectivity index is 1.92. The molecule has 0 aromatic rings. The highest BCUT2D eigenvalue weighted by Gasteiger charge is 2.32. The highest BCUT2D eigenvalue weighted by atomic mass is 16.5. The number of Topliss-reactive ketones (excluding diaryl/α,β-unsaturated/α-hetero) is 2. The Hall–Kier alpha value is -2.63. The second-order valence-electron chi connectivity index (χ2n) is 6.65. The summed E-state index contributed by atoms with van der Waals surface area (Å²) in [6.45, 7) is 0. The normalized spacial score (nSPS) is 21.8. The number of rotatable bonds is 4. The lowest BCUT2D eigenvalue weighted by molar-refractivity contribution is -0.134. The van der Waals surface area contributed by atoms with E-state index in [1.807, 2.05) is 0 Å². The zero-order valence-corrected chi connectivity index (χ0v) is 15.0. The summed E-state index contributed by atoms with van der Waals surface area (Å²) >= 11 is 0. The van der Waals surface area contributed by atoms with E-state index in [1.165, 1.54) is 51.7 Å². The maximum Gasteiger partial charge on any atom is 0.268 e. The zero-order valence-electron chi connectivity index (χ0n) is 15.0. The standard InChI is InChI=1S/C20H22O6/c1-24-16-9-13(10-17(25-2)19(16)23)20-18(22)15(21)11-14(26-20)8-12-6-4-3-5-7-12/h9-12H,3-8H2,1-2H3. The predicted octanol–water partition coefficient (Wildman–Crippen LogP) is 2.91. The zero-order chi connectivity index (χ0) is 18.7. The molecule has 1 fully saturated rings. The van der Waals surface area contributed by atoms with Crippen molar-refractivity contribution in [3.8, 4) is 0 Å². The van der Waals surface area contributed by atoms with Crippen LogP contribution in [0.15, 0.2) is 46.8 Å². The van der Waals surface area contributed by atoms with E-state index in [0.29, 0.717) is 23.7 Å². The van der Waals surface area contributed by atoms with Gasteiger partial charge in [-0.15, -0.1) is 0 Å². The molecular formula is C20H22O6. The first-order chi connectivity index (χ1) is 12.5. The summed E-state index contributed by atoms with van der Waals surface area (Å²) in [6.07, 6.45) is 10.5. The molecule has 0 unspecified atom stereocenters. The van der Waals surface area contributed by atoms with Gasteiger partial charge < -0.3 is 14.2 Å². The van der Waals surface area contributed by atoms with Gasteiger partial charge in [0, 0.05) is 18.1 Å². The minimum Gasteiger partial charge on any atom is -0.492 e. The van der Waals surface area contributed by atoms with Crippen LogP contribution < -0.4 is 0 Å². The number of methoxy groups -OCH3 is 2. The summed E-state index contributed by atoms with van der Waals surface area (Å²) < 4.78 is 15.9. The fourth-order valence-electron chi connectivity index (χ4n) is 3.51. The average molecular weight is 358 g/mol. The van der Waals surface area contributed by atoms with Crippen molar-refractivity contribution in [2.24, 2.45) is 5.92 Å². The monoisotopic (exact) mass is 358 g/mol. The second kappa shape index (κ2) is 7.72. The molecule has 3 aliphatic rings. The number of ether oxygens (including phenoxy) is 3. The van der Waals surface area contributed by atoms with Crippen molar-refractivity contribution in [2.75, 3.05) is 14.2 Å². The van der Waals surface area contributed by atoms with Crippen molar-refractivity contribution in [1.29, 1.82) is 0 Å². The Morgan fingerprint density at radius 3 is 2.12 bits per heavy atom. The highest BCUT2D eigenvalue weighted by molar-refractivity contribution is 6.47. The molecule has 0 atom stereocenters. The molecule has 0 N–H and O–H groups in total. The Morgan fingerprint density at radius 2 is 1.54 bits per heavy atom. The van der Waals surface area contributed by atoms with Gasteiger partial charge in [-0.1, -0.05) is 32.1 Å². The minimum atomic E-state index is -0.736. The van der Waals surface area contributed by atoms with Gasteiger partial charge in [0.1, 0.15) is 5.76 Å². The highest BCUT2D eigenvalue weighted by Crippen LogP contribution is 2.33. The van der Waals surface area contributed by atoms with E-state index in [1.54, 1.807) is 0 Å². The van der Waals surface area contributed by atoms with Gasteiger partial charge in [-0.3, -0.25) is 14.4 Å². The van der Waals surface area contributed by atoms with E-state index in [9.17, 15) is 14.4 Å². The van der Waals surface area contributed by atoms with Crippen molar-refractivity contribution in [3.05, 3.63) is 46.8 Å². The number of hydrogen-bond acceptors (Lipinski definition) is 6. The number of allylic oxidation sites excluding steroid dienone is 6. The Morgan fingerprint density at radius 1 is 0.923 bits per heavy atom. The van der Waals surface area contributed by atoms with Crippen LogP contribution in [0.3, 0.4) is 0 Å². The summed E-state index contributed by atoms with van der Waals surface area (Å²) in [5.74, 6) is -0.836. The van der Waals surface area contributed by atoms with Crippen molar-refractivity contribution in [2.45, 2.75) is 38.5 Å². The predicted molar refractivity (Wildman–Crippen MR) is 92.6 cm³/mol. The van der Waals surface area contributed by atoms with Gasteiger partial charge >= 0.3 is 0 Å². The lowest BCUT2D eigenvalue weighted by Gasteiger charge is -2.25. The molecule has 0 bridgehead atoms. The summed E-state index contributed by atoms with van der Waals surface area (Å²) in [5, 5.41) is 0. The van der Waals surface area contributed by atoms with Crippen molar-refractivity contribution < 1.29 is 28.6 Å². The maximum atomic E-state index is 12.3. The van der Waals surface area contributed by atoms with Gasteiger partial charge in [0.15, 0.2) is 17.3 Å². The molecule has 6 heteroatoms. The third-order valence-corrected chi connectivity index (χ3v) is 4.89. The molecule has 0 radical (unpaired) electrons. The van der Waals surface area contributed by atoms with E-state index in [0.717, 1.165) is 12.8 Å². The van der Waals surface area contributed by atoms with Gasteiger partial charge in [0.05, 0.1) is 14.2 Å². The van der Waals surface area contributed by atoms with Gasteiger partial charge in [-0.25, -0.2) is 0 Å². The first-order valence-corrected chi connectivity index (χ1v) is 8.81. The van der Waals surface area contributed by atoms with Crippen molar-refractivity contribution in [1.82, 2.24) is 0 Å². The van der Waals surface area contributed by atoms with Crippen LogP contribution >= 0.6 is 0 Å². The first-order valence-electron chi connectivity index (χ1n) is 8.81. The largest absolute Gasteiger partial charge is 0.492 e. The van der Waals surface area contributed by atoms with Crippen LogP contribution in [-0.2, 0) is 28.6 Å². The van der Waals surface area contributed by atoms with Gasteiger partial charge in [-0.2, -0.15) is 0 Å². The van der Waals surface area contributed by atoms with Crippen LogP contribution in [0.5, 0.6) is 0 Å². The summed E-state index contributed by atoms with van der Waals surface area (Å²) in [4.78, 5) is 36.6. The number of hydrogen-bond donors (Lipinski definition) is 0. The SMILES string of the molecule is COC1=CC(=C2OC(CC3CCCCC3)=CC(=O)C2=O)C=C(OC)C1=O. The molecule has 1 heterocycles. The second-order valence-corrected chi connectivity index (χ2v) is 6.65. The molecule has 0 aromatic heterocycles. The van der Waals surface area contributed by atoms with E-state index in [2.05, 4.69) is 0 Å². The Kier molecular flexibility index (Phi) is 5.40. The Labute approximate surface area is 152 Å². The molecule has 0 aromatic carbocycles.